The van der Waals surface area contributed by atoms with E-state index < -0.39 is 6.03 Å². The van der Waals surface area contributed by atoms with Gasteiger partial charge in [0.2, 0.25) is 0 Å². The zero-order valence-electron chi connectivity index (χ0n) is 15.6. The van der Waals surface area contributed by atoms with E-state index in [2.05, 4.69) is 25.6 Å². The van der Waals surface area contributed by atoms with Crippen LogP contribution >= 0.6 is 11.3 Å². The third-order valence-electron chi connectivity index (χ3n) is 4.72. The number of nitrogens with one attached hydrogen (secondary N) is 2. The number of nitrogens with zero attached hydrogens (tertiary/aromatic N) is 4. The van der Waals surface area contributed by atoms with Crippen LogP contribution in [0.25, 0.3) is 10.4 Å². The molecule has 1 aromatic heterocycles. The summed E-state index contributed by atoms with van der Waals surface area (Å²) < 4.78 is 0. The van der Waals surface area contributed by atoms with Crippen LogP contribution in [0.3, 0.4) is 0 Å². The van der Waals surface area contributed by atoms with Gasteiger partial charge in [0.25, 0.3) is 0 Å². The Kier molecular flexibility index (Phi) is 6.62. The number of amides is 2. The average molecular weight is 398 g/mol. The van der Waals surface area contributed by atoms with E-state index in [1.54, 1.807) is 6.07 Å². The van der Waals surface area contributed by atoms with Crippen LogP contribution in [-0.2, 0) is 6.42 Å². The van der Waals surface area contributed by atoms with Crippen LogP contribution in [0.1, 0.15) is 47.3 Å². The predicted octanol–water partition coefficient (Wildman–Crippen LogP) is 5.32. The van der Waals surface area contributed by atoms with Gasteiger partial charge in [-0.3, -0.25) is 10.1 Å². The summed E-state index contributed by atoms with van der Waals surface area (Å²) in [7, 11) is 0. The van der Waals surface area contributed by atoms with E-state index >= 15 is 0 Å². The summed E-state index contributed by atoms with van der Waals surface area (Å²) in [5.74, 6) is 0.147. The summed E-state index contributed by atoms with van der Waals surface area (Å²) in [6, 6.07) is 5.04. The Hall–Kier alpha value is -2.90. The monoisotopic (exact) mass is 398 g/mol. The quantitative estimate of drug-likeness (QED) is 0.284. The molecule has 0 radical (unpaired) electrons. The maximum absolute atomic E-state index is 12.9. The summed E-state index contributed by atoms with van der Waals surface area (Å²) in [4.78, 5) is 32.3. The molecule has 0 aliphatic heterocycles. The lowest BCUT2D eigenvalue weighted by atomic mass is 9.94. The largest absolute Gasteiger partial charge is 0.325 e. The summed E-state index contributed by atoms with van der Waals surface area (Å²) in [6.07, 6.45) is 4.50. The second-order valence-corrected chi connectivity index (χ2v) is 7.68. The van der Waals surface area contributed by atoms with Crippen LogP contribution in [0.5, 0.6) is 0 Å². The molecule has 1 aliphatic rings. The van der Waals surface area contributed by atoms with Crippen molar-refractivity contribution < 1.29 is 9.59 Å². The van der Waals surface area contributed by atoms with Crippen LogP contribution in [0.4, 0.5) is 15.6 Å². The first-order valence-corrected chi connectivity index (χ1v) is 10.1. The number of hydrogen-bond acceptors (Lipinski definition) is 5. The van der Waals surface area contributed by atoms with E-state index in [0.29, 0.717) is 29.3 Å². The van der Waals surface area contributed by atoms with Gasteiger partial charge >= 0.3 is 6.03 Å². The molecule has 0 spiro atoms. The molecule has 2 aromatic rings. The Balaban J connectivity index is 1.67. The summed E-state index contributed by atoms with van der Waals surface area (Å²) in [5, 5.41) is 11.2. The molecule has 1 fully saturated rings. The normalized spacial score (nSPS) is 13.8. The van der Waals surface area contributed by atoms with E-state index in [1.807, 2.05) is 24.4 Å². The first-order valence-electron chi connectivity index (χ1n) is 9.25. The number of carbonyl (C=O) groups excluding carboxylic acids is 2. The van der Waals surface area contributed by atoms with Gasteiger partial charge in [0.15, 0.2) is 10.9 Å². The second kappa shape index (κ2) is 9.34. The van der Waals surface area contributed by atoms with Crippen LogP contribution in [0, 0.1) is 12.8 Å². The molecule has 2 amide bonds. The Morgan fingerprint density at radius 3 is 2.86 bits per heavy atom. The molecular weight excluding hydrogens is 376 g/mol. The minimum Gasteiger partial charge on any atom is -0.307 e. The van der Waals surface area contributed by atoms with Crippen LogP contribution in [0.15, 0.2) is 28.7 Å². The molecule has 0 bridgehead atoms. The summed E-state index contributed by atoms with van der Waals surface area (Å²) >= 11 is 1.30. The van der Waals surface area contributed by atoms with E-state index in [4.69, 9.17) is 5.53 Å². The smallest absolute Gasteiger partial charge is 0.307 e. The van der Waals surface area contributed by atoms with E-state index in [0.717, 1.165) is 36.9 Å². The second-order valence-electron chi connectivity index (χ2n) is 6.82. The number of thiazole rings is 1. The molecule has 0 saturated heterocycles. The summed E-state index contributed by atoms with van der Waals surface area (Å²) in [6.45, 7) is 2.25. The van der Waals surface area contributed by atoms with Crippen LogP contribution in [0.2, 0.25) is 0 Å². The minimum absolute atomic E-state index is 0.0444. The number of carbonyl (C=O) groups is 2. The van der Waals surface area contributed by atoms with Gasteiger partial charge in [-0.25, -0.2) is 9.78 Å². The SMILES string of the molecule is Cc1ccc(NC(=O)Nc2nc(CCN=[N+]=[N-])cs2)c(C(=O)C2CCCC2)c1. The van der Waals surface area contributed by atoms with Crippen molar-refractivity contribution in [1.29, 1.82) is 0 Å². The number of aromatic nitrogens is 1. The highest BCUT2D eigenvalue weighted by molar-refractivity contribution is 7.13. The van der Waals surface area contributed by atoms with E-state index in [-0.39, 0.29) is 11.7 Å². The molecule has 8 nitrogen and oxygen atoms in total. The molecule has 0 unspecified atom stereocenters. The Labute approximate surface area is 167 Å². The highest BCUT2D eigenvalue weighted by atomic mass is 32.1. The van der Waals surface area contributed by atoms with Crippen molar-refractivity contribution in [3.63, 3.8) is 0 Å². The van der Waals surface area contributed by atoms with Crippen molar-refractivity contribution in [3.8, 4) is 0 Å². The highest BCUT2D eigenvalue weighted by Crippen LogP contribution is 2.31. The van der Waals surface area contributed by atoms with Crippen molar-refractivity contribution in [2.75, 3.05) is 17.2 Å². The standard InChI is InChI=1S/C19H22N6O2S/c1-12-6-7-16(15(10-12)17(26)13-4-2-3-5-13)23-18(27)24-19-22-14(11-28-19)8-9-21-25-20/h6-7,10-11,13H,2-5,8-9H2,1H3,(H2,22,23,24,27). The number of Topliss-reactive ketones (excluding diaryl/α,β-unsaturated/α-hetero) is 1. The van der Waals surface area contributed by atoms with Gasteiger partial charge in [-0.05, 0) is 43.9 Å². The molecule has 0 atom stereocenters. The minimum atomic E-state index is -0.444. The lowest BCUT2D eigenvalue weighted by Crippen LogP contribution is -2.22. The number of urea groups is 1. The van der Waals surface area contributed by atoms with Crippen molar-refractivity contribution in [1.82, 2.24) is 4.98 Å². The topological polar surface area (TPSA) is 120 Å². The average Bonchev–Trinajstić information content (AvgIpc) is 3.35. The first-order chi connectivity index (χ1) is 13.6. The zero-order chi connectivity index (χ0) is 19.9. The number of anilines is 2. The fourth-order valence-corrected chi connectivity index (χ4v) is 4.06. The Bertz CT molecular complexity index is 913. The van der Waals surface area contributed by atoms with Crippen molar-refractivity contribution in [3.05, 3.63) is 50.8 Å². The van der Waals surface area contributed by atoms with Gasteiger partial charge in [0, 0.05) is 28.3 Å². The third kappa shape index (κ3) is 5.09. The van der Waals surface area contributed by atoms with Crippen molar-refractivity contribution in [2.24, 2.45) is 11.0 Å². The summed E-state index contributed by atoms with van der Waals surface area (Å²) in [5.41, 5.74) is 11.1. The van der Waals surface area contributed by atoms with E-state index in [9.17, 15) is 9.59 Å². The van der Waals surface area contributed by atoms with Crippen LogP contribution < -0.4 is 10.6 Å². The number of ketones is 1. The maximum atomic E-state index is 12.9. The molecular formula is C19H22N6O2S. The predicted molar refractivity (Wildman–Crippen MR) is 110 cm³/mol. The van der Waals surface area contributed by atoms with Gasteiger partial charge < -0.3 is 5.32 Å². The molecule has 3 rings (SSSR count). The van der Waals surface area contributed by atoms with Crippen LogP contribution in [-0.4, -0.2) is 23.3 Å². The first kappa shape index (κ1) is 19.9. The molecule has 1 saturated carbocycles. The lowest BCUT2D eigenvalue weighted by Gasteiger charge is -2.14. The van der Waals surface area contributed by atoms with Gasteiger partial charge in [0.05, 0.1) is 11.4 Å². The Morgan fingerprint density at radius 1 is 1.32 bits per heavy atom. The number of benzene rings is 1. The van der Waals surface area contributed by atoms with Gasteiger partial charge in [-0.2, -0.15) is 0 Å². The van der Waals surface area contributed by atoms with E-state index in [1.165, 1.54) is 11.3 Å². The molecule has 1 aromatic carbocycles. The number of hydrogen-bond donors (Lipinski definition) is 2. The molecule has 2 N–H and O–H groups in total. The van der Waals surface area contributed by atoms with Gasteiger partial charge in [-0.15, -0.1) is 11.3 Å². The number of rotatable bonds is 7. The van der Waals surface area contributed by atoms with Gasteiger partial charge in [-0.1, -0.05) is 29.6 Å². The zero-order valence-corrected chi connectivity index (χ0v) is 16.5. The molecule has 146 valence electrons. The lowest BCUT2D eigenvalue weighted by molar-refractivity contribution is 0.0923. The molecule has 9 heteroatoms. The fraction of sp³-hybridized carbons (Fsp3) is 0.421. The van der Waals surface area contributed by atoms with Crippen molar-refractivity contribution in [2.45, 2.75) is 39.0 Å². The maximum Gasteiger partial charge on any atom is 0.325 e. The number of aryl methyl sites for hydroxylation is 1. The van der Waals surface area contributed by atoms with Crippen molar-refractivity contribution >= 4 is 34.0 Å². The van der Waals surface area contributed by atoms with Gasteiger partial charge in [0.1, 0.15) is 0 Å². The molecule has 28 heavy (non-hydrogen) atoms. The highest BCUT2D eigenvalue weighted by Gasteiger charge is 2.26. The molecule has 1 heterocycles. The fourth-order valence-electron chi connectivity index (χ4n) is 3.32. The third-order valence-corrected chi connectivity index (χ3v) is 5.52. The Morgan fingerprint density at radius 2 is 2.11 bits per heavy atom. The molecule has 1 aliphatic carbocycles. The number of azide groups is 1.